The Morgan fingerprint density at radius 2 is 1.86 bits per heavy atom. The maximum absolute atomic E-state index is 11.9. The number of nitrogens with zero attached hydrogens (tertiary/aromatic N) is 3. The summed E-state index contributed by atoms with van der Waals surface area (Å²) in [5.41, 5.74) is 1.24. The first-order valence-electron chi connectivity index (χ1n) is 7.64. The first-order chi connectivity index (χ1) is 10.5. The lowest BCUT2D eigenvalue weighted by molar-refractivity contribution is -0.384. The summed E-state index contributed by atoms with van der Waals surface area (Å²) in [6.07, 6.45) is 2.71. The van der Waals surface area contributed by atoms with E-state index in [9.17, 15) is 14.9 Å². The molecule has 0 aliphatic carbocycles. The van der Waals surface area contributed by atoms with Gasteiger partial charge in [0.05, 0.1) is 4.92 Å². The number of hydrogen-bond acceptors (Lipinski definition) is 4. The molecule has 1 aliphatic heterocycles. The monoisotopic (exact) mass is 305 g/mol. The molecule has 1 fully saturated rings. The van der Waals surface area contributed by atoms with Crippen LogP contribution in [-0.4, -0.2) is 54.4 Å². The van der Waals surface area contributed by atoms with E-state index in [1.807, 2.05) is 26.2 Å². The number of piperidine rings is 1. The van der Waals surface area contributed by atoms with Gasteiger partial charge in [0.15, 0.2) is 0 Å². The smallest absolute Gasteiger partial charge is 0.269 e. The Hall–Kier alpha value is -1.95. The maximum Gasteiger partial charge on any atom is 0.269 e. The van der Waals surface area contributed by atoms with Crippen LogP contribution in [0.2, 0.25) is 0 Å². The van der Waals surface area contributed by atoms with Crippen molar-refractivity contribution < 1.29 is 9.72 Å². The van der Waals surface area contributed by atoms with Crippen molar-refractivity contribution >= 4 is 11.6 Å². The number of benzene rings is 1. The molecule has 120 valence electrons. The van der Waals surface area contributed by atoms with Gasteiger partial charge in [-0.3, -0.25) is 14.9 Å². The molecule has 0 saturated carbocycles. The van der Waals surface area contributed by atoms with Crippen LogP contribution < -0.4 is 0 Å². The molecule has 22 heavy (non-hydrogen) atoms. The van der Waals surface area contributed by atoms with Crippen molar-refractivity contribution in [3.63, 3.8) is 0 Å². The zero-order chi connectivity index (χ0) is 16.1. The first kappa shape index (κ1) is 16.4. The van der Waals surface area contributed by atoms with Gasteiger partial charge in [0.2, 0.25) is 5.91 Å². The topological polar surface area (TPSA) is 66.7 Å². The van der Waals surface area contributed by atoms with Gasteiger partial charge in [-0.25, -0.2) is 0 Å². The summed E-state index contributed by atoms with van der Waals surface area (Å²) < 4.78 is 0. The Balaban J connectivity index is 1.77. The molecule has 1 amide bonds. The van der Waals surface area contributed by atoms with Gasteiger partial charge >= 0.3 is 0 Å². The number of rotatable bonds is 5. The number of non-ortho nitro benzene ring substituents is 1. The second kappa shape index (κ2) is 7.35. The molecule has 0 atom stereocenters. The number of hydrogen-bond donors (Lipinski definition) is 0. The number of carbonyl (C=O) groups is 1. The lowest BCUT2D eigenvalue weighted by Gasteiger charge is -2.32. The number of carbonyl (C=O) groups excluding carboxylic acids is 1. The Bertz CT molecular complexity index is 520. The normalized spacial score (nSPS) is 16.5. The molecule has 0 bridgehead atoms. The fraction of sp³-hybridized carbons (Fsp3) is 0.562. The third kappa shape index (κ3) is 4.27. The highest BCUT2D eigenvalue weighted by atomic mass is 16.6. The van der Waals surface area contributed by atoms with E-state index in [1.165, 1.54) is 0 Å². The predicted molar refractivity (Wildman–Crippen MR) is 84.7 cm³/mol. The van der Waals surface area contributed by atoms with Crippen molar-refractivity contribution in [3.05, 3.63) is 39.9 Å². The molecular weight excluding hydrogens is 282 g/mol. The third-order valence-corrected chi connectivity index (χ3v) is 4.24. The summed E-state index contributed by atoms with van der Waals surface area (Å²) >= 11 is 0. The highest BCUT2D eigenvalue weighted by Crippen LogP contribution is 2.19. The lowest BCUT2D eigenvalue weighted by Crippen LogP contribution is -2.40. The van der Waals surface area contributed by atoms with Crippen molar-refractivity contribution in [2.24, 2.45) is 5.92 Å². The van der Waals surface area contributed by atoms with Crippen molar-refractivity contribution in [3.8, 4) is 0 Å². The van der Waals surface area contributed by atoms with Crippen molar-refractivity contribution in [2.75, 3.05) is 33.7 Å². The number of nitro groups is 1. The van der Waals surface area contributed by atoms with Crippen LogP contribution in [0.3, 0.4) is 0 Å². The molecule has 1 saturated heterocycles. The lowest BCUT2D eigenvalue weighted by atomic mass is 9.95. The molecule has 2 rings (SSSR count). The molecular formula is C16H23N3O3. The fourth-order valence-corrected chi connectivity index (χ4v) is 2.84. The van der Waals surface area contributed by atoms with Gasteiger partial charge in [-0.2, -0.15) is 0 Å². The van der Waals surface area contributed by atoms with Gasteiger partial charge < -0.3 is 9.80 Å². The van der Waals surface area contributed by atoms with Crippen molar-refractivity contribution in [1.82, 2.24) is 9.80 Å². The molecule has 1 aromatic carbocycles. The van der Waals surface area contributed by atoms with E-state index >= 15 is 0 Å². The highest BCUT2D eigenvalue weighted by molar-refractivity contribution is 5.78. The second-order valence-electron chi connectivity index (χ2n) is 6.02. The van der Waals surface area contributed by atoms with E-state index in [2.05, 4.69) is 4.90 Å². The van der Waals surface area contributed by atoms with E-state index in [0.29, 0.717) is 0 Å². The summed E-state index contributed by atoms with van der Waals surface area (Å²) in [7, 11) is 3.62. The predicted octanol–water partition coefficient (Wildman–Crippen LogP) is 1.94. The summed E-state index contributed by atoms with van der Waals surface area (Å²) in [6.45, 7) is 2.81. The van der Waals surface area contributed by atoms with Gasteiger partial charge in [-0.1, -0.05) is 12.1 Å². The van der Waals surface area contributed by atoms with Gasteiger partial charge in [-0.05, 0) is 37.9 Å². The largest absolute Gasteiger partial charge is 0.349 e. The zero-order valence-electron chi connectivity index (χ0n) is 13.2. The molecule has 0 N–H and O–H groups in total. The molecule has 6 nitrogen and oxygen atoms in total. The SMILES string of the molecule is CN(C)C(=O)C1CCN(CCc2ccc([N+](=O)[O-])cc2)CC1. The summed E-state index contributed by atoms with van der Waals surface area (Å²) in [5.74, 6) is 0.389. The van der Waals surface area contributed by atoms with Crippen LogP contribution in [0.4, 0.5) is 5.69 Å². The number of nitro benzene ring substituents is 1. The molecule has 1 aliphatic rings. The summed E-state index contributed by atoms with van der Waals surface area (Å²) in [5, 5.41) is 10.6. The van der Waals surface area contributed by atoms with Crippen molar-refractivity contribution in [2.45, 2.75) is 19.3 Å². The van der Waals surface area contributed by atoms with Crippen LogP contribution in [0.25, 0.3) is 0 Å². The Labute approximate surface area is 130 Å². The number of amides is 1. The fourth-order valence-electron chi connectivity index (χ4n) is 2.84. The van der Waals surface area contributed by atoms with Gasteiger partial charge in [0.1, 0.15) is 0 Å². The minimum atomic E-state index is -0.379. The zero-order valence-corrected chi connectivity index (χ0v) is 13.2. The molecule has 1 heterocycles. The molecule has 6 heteroatoms. The van der Waals surface area contributed by atoms with E-state index < -0.39 is 0 Å². The summed E-state index contributed by atoms with van der Waals surface area (Å²) in [6, 6.07) is 6.75. The van der Waals surface area contributed by atoms with Gasteiger partial charge in [0, 0.05) is 38.7 Å². The Morgan fingerprint density at radius 1 is 1.27 bits per heavy atom. The molecule has 0 unspecified atom stereocenters. The molecule has 0 spiro atoms. The van der Waals surface area contributed by atoms with E-state index in [-0.39, 0.29) is 22.4 Å². The van der Waals surface area contributed by atoms with Crippen molar-refractivity contribution in [1.29, 1.82) is 0 Å². The van der Waals surface area contributed by atoms with Gasteiger partial charge in [-0.15, -0.1) is 0 Å². The van der Waals surface area contributed by atoms with Crippen LogP contribution >= 0.6 is 0 Å². The first-order valence-corrected chi connectivity index (χ1v) is 7.64. The van der Waals surface area contributed by atoms with E-state index in [4.69, 9.17) is 0 Å². The average Bonchev–Trinajstić information content (AvgIpc) is 2.53. The standard InChI is InChI=1S/C16H23N3O3/c1-17(2)16(20)14-8-11-18(12-9-14)10-7-13-3-5-15(6-4-13)19(21)22/h3-6,14H,7-12H2,1-2H3. The van der Waals surface area contributed by atoms with E-state index in [1.54, 1.807) is 17.0 Å². The van der Waals surface area contributed by atoms with Crippen LogP contribution in [0.5, 0.6) is 0 Å². The molecule has 1 aromatic rings. The molecule has 0 aromatic heterocycles. The molecule has 0 radical (unpaired) electrons. The second-order valence-corrected chi connectivity index (χ2v) is 6.02. The quantitative estimate of drug-likeness (QED) is 0.616. The summed E-state index contributed by atoms with van der Waals surface area (Å²) in [4.78, 5) is 26.2. The Kier molecular flexibility index (Phi) is 5.49. The number of likely N-dealkylation sites (tertiary alicyclic amines) is 1. The van der Waals surface area contributed by atoms with Gasteiger partial charge in [0.25, 0.3) is 5.69 Å². The maximum atomic E-state index is 11.9. The minimum Gasteiger partial charge on any atom is -0.349 e. The van der Waals surface area contributed by atoms with Crippen LogP contribution in [-0.2, 0) is 11.2 Å². The minimum absolute atomic E-state index is 0.131. The Morgan fingerprint density at radius 3 is 2.36 bits per heavy atom. The van der Waals surface area contributed by atoms with Crippen LogP contribution in [0.15, 0.2) is 24.3 Å². The van der Waals surface area contributed by atoms with Crippen LogP contribution in [0.1, 0.15) is 18.4 Å². The highest BCUT2D eigenvalue weighted by Gasteiger charge is 2.25. The van der Waals surface area contributed by atoms with E-state index in [0.717, 1.165) is 44.5 Å². The average molecular weight is 305 g/mol. The third-order valence-electron chi connectivity index (χ3n) is 4.24. The van der Waals surface area contributed by atoms with Crippen LogP contribution in [0, 0.1) is 16.0 Å².